The first-order chi connectivity index (χ1) is 16.0. The van der Waals surface area contributed by atoms with Crippen LogP contribution in [0.4, 0.5) is 0 Å². The van der Waals surface area contributed by atoms with E-state index < -0.39 is 0 Å². The van der Waals surface area contributed by atoms with Crippen LogP contribution in [0.5, 0.6) is 5.75 Å². The summed E-state index contributed by atoms with van der Waals surface area (Å²) in [5.41, 5.74) is 2.44. The summed E-state index contributed by atoms with van der Waals surface area (Å²) in [5.74, 6) is 0.930. The molecule has 1 saturated heterocycles. The van der Waals surface area contributed by atoms with E-state index in [0.29, 0.717) is 51.7 Å². The molecule has 4 aromatic rings. The number of methoxy groups -OCH3 is 1. The number of rotatable bonds is 5. The number of aromatic nitrogens is 5. The van der Waals surface area contributed by atoms with Crippen molar-refractivity contribution < 1.29 is 14.1 Å². The molecule has 9 nitrogen and oxygen atoms in total. The number of hydrogen-bond donors (Lipinski definition) is 0. The summed E-state index contributed by atoms with van der Waals surface area (Å²) in [6.07, 6.45) is 3.75. The van der Waals surface area contributed by atoms with Gasteiger partial charge in [-0.05, 0) is 37.1 Å². The number of hydrogen-bond acceptors (Lipinski definition) is 7. The van der Waals surface area contributed by atoms with Gasteiger partial charge in [-0.15, -0.1) is 0 Å². The van der Waals surface area contributed by atoms with Gasteiger partial charge in [0.15, 0.2) is 0 Å². The Morgan fingerprint density at radius 2 is 1.97 bits per heavy atom. The normalized spacial score (nSPS) is 15.4. The number of halogens is 2. The second-order valence-corrected chi connectivity index (χ2v) is 8.31. The van der Waals surface area contributed by atoms with E-state index in [-0.39, 0.29) is 11.9 Å². The fourth-order valence-electron chi connectivity index (χ4n) is 3.75. The molecule has 2 aromatic carbocycles. The Labute approximate surface area is 198 Å². The van der Waals surface area contributed by atoms with Gasteiger partial charge in [-0.3, -0.25) is 4.79 Å². The molecule has 0 radical (unpaired) electrons. The largest absolute Gasteiger partial charge is 0.495 e. The first-order valence-corrected chi connectivity index (χ1v) is 10.9. The Morgan fingerprint density at radius 3 is 2.67 bits per heavy atom. The summed E-state index contributed by atoms with van der Waals surface area (Å²) in [6.45, 7) is 2.43. The number of carbonyl (C=O) groups excluding carboxylic acids is 1. The number of amides is 1. The maximum Gasteiger partial charge on any atom is 0.256 e. The molecule has 1 atom stereocenters. The smallest absolute Gasteiger partial charge is 0.256 e. The molecule has 2 aromatic heterocycles. The number of nitrogens with zero attached hydrogens (tertiary/aromatic N) is 6. The molecule has 1 amide bonds. The molecule has 3 heterocycles. The van der Waals surface area contributed by atoms with E-state index in [9.17, 15) is 4.79 Å². The molecule has 1 fully saturated rings. The molecule has 1 aliphatic rings. The number of likely N-dealkylation sites (tertiary alicyclic amines) is 1. The summed E-state index contributed by atoms with van der Waals surface area (Å²) in [5, 5.41) is 13.4. The van der Waals surface area contributed by atoms with Crippen LogP contribution in [-0.4, -0.2) is 49.6 Å². The first-order valence-electron chi connectivity index (χ1n) is 10.1. The fraction of sp³-hybridized carbons (Fsp3) is 0.227. The van der Waals surface area contributed by atoms with Crippen molar-refractivity contribution >= 4 is 29.1 Å². The maximum absolute atomic E-state index is 13.5. The highest BCUT2D eigenvalue weighted by atomic mass is 35.5. The average Bonchev–Trinajstić information content (AvgIpc) is 3.47. The van der Waals surface area contributed by atoms with Crippen LogP contribution in [0.1, 0.15) is 34.3 Å². The van der Waals surface area contributed by atoms with Gasteiger partial charge in [0.2, 0.25) is 11.7 Å². The van der Waals surface area contributed by atoms with Gasteiger partial charge in [0.05, 0.1) is 30.1 Å². The Morgan fingerprint density at radius 1 is 1.18 bits per heavy atom. The minimum Gasteiger partial charge on any atom is -0.495 e. The van der Waals surface area contributed by atoms with Crippen LogP contribution in [0.3, 0.4) is 0 Å². The zero-order valence-corrected chi connectivity index (χ0v) is 19.2. The van der Waals surface area contributed by atoms with E-state index in [4.69, 9.17) is 32.5 Å². The van der Waals surface area contributed by atoms with E-state index >= 15 is 0 Å². The summed E-state index contributed by atoms with van der Waals surface area (Å²) in [7, 11) is 1.49. The standard InChI is InChI=1S/C22H18Cl2N6O3/c1-12-13(4-3-5-15(12)23)20-27-21(33-28-20)17-6-9-29(17)22(31)14-10-19(32-2)16(24)11-18(14)30-25-7-8-26-30/h3-5,7-8,10-11,17H,6,9H2,1-2H3/t17-/m0/s1. The van der Waals surface area contributed by atoms with Gasteiger partial charge in [0.25, 0.3) is 5.91 Å². The van der Waals surface area contributed by atoms with E-state index in [1.165, 1.54) is 24.3 Å². The molecule has 1 aliphatic heterocycles. The van der Waals surface area contributed by atoms with Crippen molar-refractivity contribution in [1.82, 2.24) is 30.0 Å². The number of ether oxygens (including phenoxy) is 1. The van der Waals surface area contributed by atoms with Gasteiger partial charge in [-0.1, -0.05) is 40.5 Å². The molecule has 11 heteroatoms. The highest BCUT2D eigenvalue weighted by Crippen LogP contribution is 2.38. The third-order valence-electron chi connectivity index (χ3n) is 5.65. The predicted molar refractivity (Wildman–Crippen MR) is 121 cm³/mol. The lowest BCUT2D eigenvalue weighted by Gasteiger charge is -2.38. The van der Waals surface area contributed by atoms with Crippen molar-refractivity contribution in [3.05, 3.63) is 69.8 Å². The van der Waals surface area contributed by atoms with E-state index in [2.05, 4.69) is 20.3 Å². The number of carbonyl (C=O) groups is 1. The Hall–Kier alpha value is -3.43. The summed E-state index contributed by atoms with van der Waals surface area (Å²) in [4.78, 5) is 21.1. The molecular formula is C22H18Cl2N6O3. The van der Waals surface area contributed by atoms with Crippen LogP contribution < -0.4 is 4.74 Å². The predicted octanol–water partition coefficient (Wildman–Crippen LogP) is 4.53. The van der Waals surface area contributed by atoms with Crippen molar-refractivity contribution in [2.75, 3.05) is 13.7 Å². The van der Waals surface area contributed by atoms with Crippen LogP contribution >= 0.6 is 23.2 Å². The molecule has 33 heavy (non-hydrogen) atoms. The molecule has 5 rings (SSSR count). The monoisotopic (exact) mass is 484 g/mol. The summed E-state index contributed by atoms with van der Waals surface area (Å²) >= 11 is 12.5. The van der Waals surface area contributed by atoms with Gasteiger partial charge in [0, 0.05) is 17.1 Å². The minimum absolute atomic E-state index is 0.243. The van der Waals surface area contributed by atoms with Crippen LogP contribution in [0.25, 0.3) is 17.1 Å². The van der Waals surface area contributed by atoms with Crippen LogP contribution in [-0.2, 0) is 0 Å². The molecular weight excluding hydrogens is 467 g/mol. The molecule has 0 unspecified atom stereocenters. The zero-order valence-electron chi connectivity index (χ0n) is 17.7. The highest BCUT2D eigenvalue weighted by Gasteiger charge is 2.39. The molecule has 168 valence electrons. The first kappa shape index (κ1) is 21.4. The van der Waals surface area contributed by atoms with Crippen molar-refractivity contribution in [1.29, 1.82) is 0 Å². The lowest BCUT2D eigenvalue weighted by Crippen LogP contribution is -2.45. The molecule has 0 bridgehead atoms. The molecule has 0 saturated carbocycles. The fourth-order valence-corrected chi connectivity index (χ4v) is 4.16. The third-order valence-corrected chi connectivity index (χ3v) is 6.36. The van der Waals surface area contributed by atoms with Crippen molar-refractivity contribution in [2.24, 2.45) is 0 Å². The van der Waals surface area contributed by atoms with Crippen molar-refractivity contribution in [3.8, 4) is 22.8 Å². The van der Waals surface area contributed by atoms with Gasteiger partial charge in [-0.25, -0.2) is 0 Å². The summed E-state index contributed by atoms with van der Waals surface area (Å²) in [6, 6.07) is 8.36. The van der Waals surface area contributed by atoms with Crippen LogP contribution in [0, 0.1) is 6.92 Å². The molecule has 0 N–H and O–H groups in total. The second-order valence-electron chi connectivity index (χ2n) is 7.49. The van der Waals surface area contributed by atoms with E-state index in [1.807, 2.05) is 19.1 Å². The maximum atomic E-state index is 13.5. The van der Waals surface area contributed by atoms with Gasteiger partial charge >= 0.3 is 0 Å². The van der Waals surface area contributed by atoms with E-state index in [1.54, 1.807) is 23.1 Å². The molecule has 0 aliphatic carbocycles. The highest BCUT2D eigenvalue weighted by molar-refractivity contribution is 6.32. The third kappa shape index (κ3) is 3.73. The Kier molecular flexibility index (Phi) is 5.51. The van der Waals surface area contributed by atoms with E-state index in [0.717, 1.165) is 11.1 Å². The second kappa shape index (κ2) is 8.49. The lowest BCUT2D eigenvalue weighted by atomic mass is 10.00. The molecule has 0 spiro atoms. The average molecular weight is 485 g/mol. The number of benzene rings is 2. The SMILES string of the molecule is COc1cc(C(=O)N2CC[C@H]2c2nc(-c3cccc(Cl)c3C)no2)c(-n2nccn2)cc1Cl. The lowest BCUT2D eigenvalue weighted by molar-refractivity contribution is 0.0378. The van der Waals surface area contributed by atoms with Crippen LogP contribution in [0.15, 0.2) is 47.2 Å². The Bertz CT molecular complexity index is 1340. The summed E-state index contributed by atoms with van der Waals surface area (Å²) < 4.78 is 10.8. The quantitative estimate of drug-likeness (QED) is 0.410. The van der Waals surface area contributed by atoms with Crippen molar-refractivity contribution in [3.63, 3.8) is 0 Å². The topological polar surface area (TPSA) is 99.2 Å². The minimum atomic E-state index is -0.349. The zero-order chi connectivity index (χ0) is 23.1. The Balaban J connectivity index is 1.47. The van der Waals surface area contributed by atoms with Gasteiger partial charge in [0.1, 0.15) is 17.5 Å². The van der Waals surface area contributed by atoms with Gasteiger partial charge < -0.3 is 14.2 Å². The van der Waals surface area contributed by atoms with Gasteiger partial charge in [-0.2, -0.15) is 20.0 Å². The van der Waals surface area contributed by atoms with Crippen LogP contribution in [0.2, 0.25) is 10.0 Å². The van der Waals surface area contributed by atoms with Crippen molar-refractivity contribution in [2.45, 2.75) is 19.4 Å².